The molecule has 0 spiro atoms. The summed E-state index contributed by atoms with van der Waals surface area (Å²) in [5, 5.41) is 12.5. The number of phenolic OH excluding ortho intramolecular Hbond substituents is 1. The van der Waals surface area contributed by atoms with Crippen molar-refractivity contribution in [2.75, 3.05) is 11.1 Å². The van der Waals surface area contributed by atoms with E-state index in [1.807, 2.05) is 0 Å². The highest BCUT2D eigenvalue weighted by molar-refractivity contribution is 6.31. The van der Waals surface area contributed by atoms with E-state index < -0.39 is 5.91 Å². The van der Waals surface area contributed by atoms with E-state index in [2.05, 4.69) is 10.3 Å². The molecule has 0 bridgehead atoms. The second-order valence-corrected chi connectivity index (χ2v) is 3.99. The van der Waals surface area contributed by atoms with Gasteiger partial charge in [-0.2, -0.15) is 0 Å². The first-order valence-corrected chi connectivity index (χ1v) is 5.46. The van der Waals surface area contributed by atoms with E-state index in [1.54, 1.807) is 12.1 Å². The first kappa shape index (κ1) is 12.2. The number of benzene rings is 1. The summed E-state index contributed by atoms with van der Waals surface area (Å²) in [5.74, 6) is -0.412. The summed E-state index contributed by atoms with van der Waals surface area (Å²) >= 11 is 5.78. The number of nitrogen functional groups attached to an aromatic ring is 1. The van der Waals surface area contributed by atoms with Crippen LogP contribution in [0.5, 0.6) is 5.75 Å². The number of anilines is 2. The highest BCUT2D eigenvalue weighted by Crippen LogP contribution is 2.27. The lowest BCUT2D eigenvalue weighted by Gasteiger charge is -2.08. The second-order valence-electron chi connectivity index (χ2n) is 3.55. The van der Waals surface area contributed by atoms with Crippen molar-refractivity contribution in [3.05, 3.63) is 47.1 Å². The Morgan fingerprint density at radius 1 is 1.39 bits per heavy atom. The number of carbonyl (C=O) groups excluding carboxylic acids is 1. The Balaban J connectivity index is 2.27. The molecule has 0 saturated carbocycles. The van der Waals surface area contributed by atoms with Crippen molar-refractivity contribution in [2.24, 2.45) is 0 Å². The van der Waals surface area contributed by atoms with Gasteiger partial charge in [0.25, 0.3) is 5.91 Å². The number of hydrogen-bond acceptors (Lipinski definition) is 4. The van der Waals surface area contributed by atoms with Crippen LogP contribution in [0.3, 0.4) is 0 Å². The number of phenols is 1. The maximum atomic E-state index is 11.9. The fraction of sp³-hybridized carbons (Fsp3) is 0. The number of halogens is 1. The van der Waals surface area contributed by atoms with Gasteiger partial charge in [-0.15, -0.1) is 0 Å². The molecule has 4 N–H and O–H groups in total. The number of hydrogen-bond donors (Lipinski definition) is 3. The molecule has 0 atom stereocenters. The van der Waals surface area contributed by atoms with E-state index in [4.69, 9.17) is 17.3 Å². The van der Waals surface area contributed by atoms with Crippen LogP contribution in [0.1, 0.15) is 10.4 Å². The summed E-state index contributed by atoms with van der Waals surface area (Å²) in [6.07, 6.45) is 1.49. The number of rotatable bonds is 2. The molecule has 0 aliphatic heterocycles. The standard InChI is InChI=1S/C12H10ClN3O2/c13-7-3-4-10(17)9(6-7)16-12(18)8-2-1-5-15-11(8)14/h1-6,17H,(H2,14,15)(H,16,18). The van der Waals surface area contributed by atoms with Crippen LogP contribution < -0.4 is 11.1 Å². The van der Waals surface area contributed by atoms with E-state index in [9.17, 15) is 9.90 Å². The molecule has 0 aliphatic carbocycles. The van der Waals surface area contributed by atoms with Crippen molar-refractivity contribution < 1.29 is 9.90 Å². The number of aromatic nitrogens is 1. The van der Waals surface area contributed by atoms with Gasteiger partial charge in [0.1, 0.15) is 11.6 Å². The number of nitrogens with one attached hydrogen (secondary N) is 1. The highest BCUT2D eigenvalue weighted by Gasteiger charge is 2.12. The molecule has 0 unspecified atom stereocenters. The number of carbonyl (C=O) groups is 1. The van der Waals surface area contributed by atoms with Crippen LogP contribution in [0.4, 0.5) is 11.5 Å². The van der Waals surface area contributed by atoms with Gasteiger partial charge in [-0.05, 0) is 30.3 Å². The minimum Gasteiger partial charge on any atom is -0.506 e. The van der Waals surface area contributed by atoms with Crippen LogP contribution in [-0.4, -0.2) is 16.0 Å². The average Bonchev–Trinajstić information content (AvgIpc) is 2.34. The monoisotopic (exact) mass is 263 g/mol. The predicted octanol–water partition coefficient (Wildman–Crippen LogP) is 2.28. The van der Waals surface area contributed by atoms with E-state index in [1.165, 1.54) is 24.4 Å². The predicted molar refractivity (Wildman–Crippen MR) is 69.7 cm³/mol. The zero-order valence-electron chi connectivity index (χ0n) is 9.22. The molecule has 1 heterocycles. The molecule has 1 amide bonds. The molecule has 1 aromatic heterocycles. The minimum absolute atomic E-state index is 0.0739. The summed E-state index contributed by atoms with van der Waals surface area (Å²) in [7, 11) is 0. The fourth-order valence-electron chi connectivity index (χ4n) is 1.41. The maximum absolute atomic E-state index is 11.9. The minimum atomic E-state index is -0.460. The number of nitrogens with zero attached hydrogens (tertiary/aromatic N) is 1. The third kappa shape index (κ3) is 2.52. The van der Waals surface area contributed by atoms with Crippen LogP contribution in [0.2, 0.25) is 5.02 Å². The maximum Gasteiger partial charge on any atom is 0.259 e. The molecule has 2 rings (SSSR count). The molecule has 2 aromatic rings. The lowest BCUT2D eigenvalue weighted by atomic mass is 10.2. The van der Waals surface area contributed by atoms with Crippen molar-refractivity contribution in [3.63, 3.8) is 0 Å². The summed E-state index contributed by atoms with van der Waals surface area (Å²) in [6, 6.07) is 7.50. The van der Waals surface area contributed by atoms with Crippen molar-refractivity contribution >= 4 is 29.0 Å². The van der Waals surface area contributed by atoms with Crippen LogP contribution in [0.25, 0.3) is 0 Å². The Morgan fingerprint density at radius 2 is 2.17 bits per heavy atom. The Labute approximate surface area is 108 Å². The van der Waals surface area contributed by atoms with E-state index >= 15 is 0 Å². The third-order valence-corrected chi connectivity index (χ3v) is 2.53. The largest absolute Gasteiger partial charge is 0.506 e. The number of amides is 1. The number of nitrogens with two attached hydrogens (primary N) is 1. The summed E-state index contributed by atoms with van der Waals surface area (Å²) in [6.45, 7) is 0. The smallest absolute Gasteiger partial charge is 0.259 e. The molecular weight excluding hydrogens is 254 g/mol. The van der Waals surface area contributed by atoms with E-state index in [0.29, 0.717) is 5.02 Å². The van der Waals surface area contributed by atoms with Gasteiger partial charge in [0.15, 0.2) is 0 Å². The quantitative estimate of drug-likeness (QED) is 0.725. The summed E-state index contributed by atoms with van der Waals surface area (Å²) in [5.41, 5.74) is 6.03. The van der Waals surface area contributed by atoms with Crippen molar-refractivity contribution in [1.29, 1.82) is 0 Å². The molecule has 1 aromatic carbocycles. The second kappa shape index (κ2) is 4.93. The topological polar surface area (TPSA) is 88.2 Å². The molecule has 0 aliphatic rings. The molecule has 6 heteroatoms. The Kier molecular flexibility index (Phi) is 3.34. The lowest BCUT2D eigenvalue weighted by molar-refractivity contribution is 0.102. The summed E-state index contributed by atoms with van der Waals surface area (Å²) < 4.78 is 0. The zero-order chi connectivity index (χ0) is 13.1. The van der Waals surface area contributed by atoms with Gasteiger partial charge in [0, 0.05) is 11.2 Å². The normalized spacial score (nSPS) is 10.1. The van der Waals surface area contributed by atoms with Crippen LogP contribution in [-0.2, 0) is 0 Å². The number of aromatic hydroxyl groups is 1. The molecule has 0 radical (unpaired) electrons. The Bertz CT molecular complexity index is 602. The molecule has 92 valence electrons. The van der Waals surface area contributed by atoms with Gasteiger partial charge in [0.05, 0.1) is 11.3 Å². The SMILES string of the molecule is Nc1ncccc1C(=O)Nc1cc(Cl)ccc1O. The molecule has 5 nitrogen and oxygen atoms in total. The Morgan fingerprint density at radius 3 is 2.89 bits per heavy atom. The zero-order valence-corrected chi connectivity index (χ0v) is 9.98. The van der Waals surface area contributed by atoms with E-state index in [-0.39, 0.29) is 22.8 Å². The van der Waals surface area contributed by atoms with Crippen molar-refractivity contribution in [1.82, 2.24) is 4.98 Å². The van der Waals surface area contributed by atoms with Crippen LogP contribution in [0, 0.1) is 0 Å². The van der Waals surface area contributed by atoms with Crippen LogP contribution in [0.15, 0.2) is 36.5 Å². The van der Waals surface area contributed by atoms with Gasteiger partial charge in [-0.25, -0.2) is 4.98 Å². The van der Waals surface area contributed by atoms with Crippen molar-refractivity contribution in [3.8, 4) is 5.75 Å². The van der Waals surface area contributed by atoms with Gasteiger partial charge in [-0.3, -0.25) is 4.79 Å². The van der Waals surface area contributed by atoms with E-state index in [0.717, 1.165) is 0 Å². The number of pyridine rings is 1. The van der Waals surface area contributed by atoms with Crippen LogP contribution >= 0.6 is 11.6 Å². The van der Waals surface area contributed by atoms with Gasteiger partial charge in [0.2, 0.25) is 0 Å². The Hall–Kier alpha value is -2.27. The third-order valence-electron chi connectivity index (χ3n) is 2.29. The molecule has 0 fully saturated rings. The fourth-order valence-corrected chi connectivity index (χ4v) is 1.58. The average molecular weight is 264 g/mol. The summed E-state index contributed by atoms with van der Waals surface area (Å²) in [4.78, 5) is 15.7. The van der Waals surface area contributed by atoms with Gasteiger partial charge in [-0.1, -0.05) is 11.6 Å². The molecular formula is C12H10ClN3O2. The highest BCUT2D eigenvalue weighted by atomic mass is 35.5. The molecule has 0 saturated heterocycles. The first-order chi connectivity index (χ1) is 8.58. The lowest BCUT2D eigenvalue weighted by Crippen LogP contribution is -2.14. The van der Waals surface area contributed by atoms with Crippen molar-refractivity contribution in [2.45, 2.75) is 0 Å². The molecule has 18 heavy (non-hydrogen) atoms. The first-order valence-electron chi connectivity index (χ1n) is 5.08. The van der Waals surface area contributed by atoms with Gasteiger partial charge >= 0.3 is 0 Å². The van der Waals surface area contributed by atoms with Gasteiger partial charge < -0.3 is 16.2 Å².